The molecule has 1 fully saturated rings. The van der Waals surface area contributed by atoms with Gasteiger partial charge in [-0.3, -0.25) is 9.69 Å². The quantitative estimate of drug-likeness (QED) is 0.719. The van der Waals surface area contributed by atoms with E-state index in [0.717, 1.165) is 31.7 Å². The third-order valence-corrected chi connectivity index (χ3v) is 5.18. The van der Waals surface area contributed by atoms with E-state index in [4.69, 9.17) is 28.9 Å². The monoisotopic (exact) mass is 386 g/mol. The van der Waals surface area contributed by atoms with Crippen LogP contribution in [-0.2, 0) is 0 Å². The smallest absolute Gasteiger partial charge is 0.256 e. The van der Waals surface area contributed by atoms with E-state index in [0.29, 0.717) is 27.7 Å². The maximum absolute atomic E-state index is 12.1. The van der Waals surface area contributed by atoms with Gasteiger partial charge in [0.05, 0.1) is 21.7 Å². The van der Waals surface area contributed by atoms with Crippen LogP contribution in [0.4, 0.5) is 5.69 Å². The molecule has 0 saturated carbocycles. The number of amides is 1. The van der Waals surface area contributed by atoms with Gasteiger partial charge in [0.25, 0.3) is 5.91 Å². The van der Waals surface area contributed by atoms with Gasteiger partial charge in [-0.2, -0.15) is 0 Å². The van der Waals surface area contributed by atoms with Crippen LogP contribution < -0.4 is 11.1 Å². The van der Waals surface area contributed by atoms with Crippen LogP contribution in [0.15, 0.2) is 12.1 Å². The van der Waals surface area contributed by atoms with Crippen molar-refractivity contribution in [2.75, 3.05) is 39.0 Å². The summed E-state index contributed by atoms with van der Waals surface area (Å²) in [5.74, 6) is -0.194. The standard InChI is InChI=1S/C18H28Cl2N4O/c1-4-5-14(6-7-21)24-10-13(11-24)22-12-8-15(19)17(16(20)9-12)18(25)23(2)3/h8-9,13-14,22H,4-7,10-11,21H2,1-3H3. The van der Waals surface area contributed by atoms with Crippen molar-refractivity contribution in [3.05, 3.63) is 27.7 Å². The molecule has 140 valence electrons. The second kappa shape index (κ2) is 9.08. The largest absolute Gasteiger partial charge is 0.380 e. The molecule has 0 aliphatic carbocycles. The highest BCUT2D eigenvalue weighted by atomic mass is 35.5. The van der Waals surface area contributed by atoms with E-state index < -0.39 is 0 Å². The summed E-state index contributed by atoms with van der Waals surface area (Å²) in [7, 11) is 3.36. The first-order valence-corrected chi connectivity index (χ1v) is 9.54. The molecule has 1 unspecified atom stereocenters. The van der Waals surface area contributed by atoms with Crippen LogP contribution in [0.1, 0.15) is 36.5 Å². The Hall–Kier alpha value is -1.01. The van der Waals surface area contributed by atoms with Gasteiger partial charge in [0.2, 0.25) is 0 Å². The van der Waals surface area contributed by atoms with E-state index in [1.54, 1.807) is 26.2 Å². The van der Waals surface area contributed by atoms with Gasteiger partial charge in [0.1, 0.15) is 0 Å². The number of nitrogens with two attached hydrogens (primary N) is 1. The molecule has 0 spiro atoms. The van der Waals surface area contributed by atoms with E-state index in [9.17, 15) is 4.79 Å². The summed E-state index contributed by atoms with van der Waals surface area (Å²) in [6.07, 6.45) is 3.40. The fourth-order valence-corrected chi connectivity index (χ4v) is 3.91. The predicted molar refractivity (Wildman–Crippen MR) is 106 cm³/mol. The van der Waals surface area contributed by atoms with Crippen molar-refractivity contribution in [3.63, 3.8) is 0 Å². The number of likely N-dealkylation sites (tertiary alicyclic amines) is 1. The lowest BCUT2D eigenvalue weighted by atomic mass is 9.99. The third-order valence-electron chi connectivity index (χ3n) is 4.58. The van der Waals surface area contributed by atoms with Crippen molar-refractivity contribution in [2.45, 2.75) is 38.3 Å². The number of rotatable bonds is 8. The predicted octanol–water partition coefficient (Wildman–Crippen LogP) is 3.31. The van der Waals surface area contributed by atoms with Crippen molar-refractivity contribution in [1.29, 1.82) is 0 Å². The number of hydrogen-bond donors (Lipinski definition) is 2. The summed E-state index contributed by atoms with van der Waals surface area (Å²) in [4.78, 5) is 16.1. The highest BCUT2D eigenvalue weighted by molar-refractivity contribution is 6.40. The normalized spacial score (nSPS) is 16.4. The Morgan fingerprint density at radius 2 is 1.92 bits per heavy atom. The van der Waals surface area contributed by atoms with Crippen LogP contribution in [0.5, 0.6) is 0 Å². The first kappa shape index (κ1) is 20.3. The highest BCUT2D eigenvalue weighted by Gasteiger charge is 2.31. The second-order valence-electron chi connectivity index (χ2n) is 6.83. The van der Waals surface area contributed by atoms with Crippen LogP contribution in [0.25, 0.3) is 0 Å². The number of nitrogens with one attached hydrogen (secondary N) is 1. The van der Waals surface area contributed by atoms with Gasteiger partial charge in [0.15, 0.2) is 0 Å². The topological polar surface area (TPSA) is 61.6 Å². The maximum Gasteiger partial charge on any atom is 0.256 e. The van der Waals surface area contributed by atoms with E-state index in [1.807, 2.05) is 0 Å². The Morgan fingerprint density at radius 1 is 1.32 bits per heavy atom. The summed E-state index contributed by atoms with van der Waals surface area (Å²) in [5, 5.41) is 4.20. The zero-order valence-corrected chi connectivity index (χ0v) is 16.7. The van der Waals surface area contributed by atoms with E-state index in [-0.39, 0.29) is 5.91 Å². The zero-order chi connectivity index (χ0) is 18.6. The number of halogens is 2. The van der Waals surface area contributed by atoms with Gasteiger partial charge in [-0.1, -0.05) is 36.5 Å². The SMILES string of the molecule is CCCC(CCN)N1CC(Nc2cc(Cl)c(C(=O)N(C)C)c(Cl)c2)C1. The lowest BCUT2D eigenvalue weighted by molar-refractivity contribution is 0.0828. The molecule has 0 radical (unpaired) electrons. The summed E-state index contributed by atoms with van der Waals surface area (Å²) in [6, 6.07) is 4.48. The second-order valence-corrected chi connectivity index (χ2v) is 7.64. The molecule has 5 nitrogen and oxygen atoms in total. The summed E-state index contributed by atoms with van der Waals surface area (Å²) in [6.45, 7) is 4.90. The Kier molecular flexibility index (Phi) is 7.37. The molecule has 0 bridgehead atoms. The van der Waals surface area contributed by atoms with E-state index in [2.05, 4.69) is 17.1 Å². The van der Waals surface area contributed by atoms with Crippen molar-refractivity contribution in [1.82, 2.24) is 9.80 Å². The van der Waals surface area contributed by atoms with Gasteiger partial charge >= 0.3 is 0 Å². The average molecular weight is 387 g/mol. The Morgan fingerprint density at radius 3 is 2.40 bits per heavy atom. The molecular formula is C18H28Cl2N4O. The van der Waals surface area contributed by atoms with Gasteiger partial charge in [0, 0.05) is 38.9 Å². The lowest BCUT2D eigenvalue weighted by Crippen LogP contribution is -2.58. The van der Waals surface area contributed by atoms with Crippen molar-refractivity contribution >= 4 is 34.8 Å². The first-order valence-electron chi connectivity index (χ1n) is 8.78. The molecule has 1 aromatic rings. The number of carbonyl (C=O) groups excluding carboxylic acids is 1. The van der Waals surface area contributed by atoms with Crippen LogP contribution in [0, 0.1) is 0 Å². The highest BCUT2D eigenvalue weighted by Crippen LogP contribution is 2.31. The molecule has 1 heterocycles. The number of anilines is 1. The third kappa shape index (κ3) is 5.00. The first-order chi connectivity index (χ1) is 11.9. The van der Waals surface area contributed by atoms with Crippen molar-refractivity contribution in [3.8, 4) is 0 Å². The minimum absolute atomic E-state index is 0.194. The number of benzene rings is 1. The minimum atomic E-state index is -0.194. The summed E-state index contributed by atoms with van der Waals surface area (Å²) in [5.41, 5.74) is 6.92. The molecular weight excluding hydrogens is 359 g/mol. The van der Waals surface area contributed by atoms with Gasteiger partial charge in [-0.15, -0.1) is 0 Å². The Labute approximate surface area is 160 Å². The molecule has 1 aliphatic rings. The molecule has 2 rings (SSSR count). The molecule has 0 aromatic heterocycles. The van der Waals surface area contributed by atoms with Crippen LogP contribution in [0.2, 0.25) is 10.0 Å². The molecule has 1 saturated heterocycles. The fourth-order valence-electron chi connectivity index (χ4n) is 3.26. The lowest BCUT2D eigenvalue weighted by Gasteiger charge is -2.45. The van der Waals surface area contributed by atoms with Crippen LogP contribution in [-0.4, -0.2) is 61.5 Å². The Bertz CT molecular complexity index is 574. The molecule has 1 aliphatic heterocycles. The summed E-state index contributed by atoms with van der Waals surface area (Å²) >= 11 is 12.6. The maximum atomic E-state index is 12.1. The molecule has 1 atom stereocenters. The Balaban J connectivity index is 1.98. The van der Waals surface area contributed by atoms with Crippen LogP contribution >= 0.6 is 23.2 Å². The van der Waals surface area contributed by atoms with Crippen LogP contribution in [0.3, 0.4) is 0 Å². The van der Waals surface area contributed by atoms with Crippen molar-refractivity contribution in [2.24, 2.45) is 5.73 Å². The van der Waals surface area contributed by atoms with Gasteiger partial charge < -0.3 is 16.0 Å². The number of hydrogen-bond acceptors (Lipinski definition) is 4. The fraction of sp³-hybridized carbons (Fsp3) is 0.611. The van der Waals surface area contributed by atoms with Gasteiger partial charge in [-0.25, -0.2) is 0 Å². The van der Waals surface area contributed by atoms with E-state index in [1.165, 1.54) is 17.7 Å². The van der Waals surface area contributed by atoms with E-state index >= 15 is 0 Å². The summed E-state index contributed by atoms with van der Waals surface area (Å²) < 4.78 is 0. The van der Waals surface area contributed by atoms with Crippen molar-refractivity contribution < 1.29 is 4.79 Å². The average Bonchev–Trinajstić information content (AvgIpc) is 2.49. The molecule has 7 heteroatoms. The minimum Gasteiger partial charge on any atom is -0.380 e. The number of carbonyl (C=O) groups is 1. The zero-order valence-electron chi connectivity index (χ0n) is 15.2. The molecule has 25 heavy (non-hydrogen) atoms. The molecule has 3 N–H and O–H groups in total. The molecule has 1 aromatic carbocycles. The van der Waals surface area contributed by atoms with Gasteiger partial charge in [-0.05, 0) is 31.5 Å². The molecule has 1 amide bonds. The number of nitrogens with zero attached hydrogens (tertiary/aromatic N) is 2.